The predicted octanol–water partition coefficient (Wildman–Crippen LogP) is 2.54. The molecule has 2 amide bonds. The van der Waals surface area contributed by atoms with Gasteiger partial charge in [-0.05, 0) is 36.2 Å². The molecule has 1 fully saturated rings. The zero-order valence-electron chi connectivity index (χ0n) is 13.2. The van der Waals surface area contributed by atoms with Crippen molar-refractivity contribution in [3.05, 3.63) is 66.0 Å². The van der Waals surface area contributed by atoms with Gasteiger partial charge in [-0.25, -0.2) is 4.39 Å². The summed E-state index contributed by atoms with van der Waals surface area (Å²) in [5.74, 6) is -0.733. The quantitative estimate of drug-likeness (QED) is 0.918. The van der Waals surface area contributed by atoms with Crippen LogP contribution in [-0.4, -0.2) is 24.9 Å². The summed E-state index contributed by atoms with van der Waals surface area (Å²) in [6.45, 7) is 0.881. The van der Waals surface area contributed by atoms with Crippen LogP contribution in [0.3, 0.4) is 0 Å². The van der Waals surface area contributed by atoms with Gasteiger partial charge in [-0.15, -0.1) is 0 Å². The Bertz CT molecular complexity index is 716. The monoisotopic (exact) mass is 326 g/mol. The van der Waals surface area contributed by atoms with Gasteiger partial charge < -0.3 is 10.2 Å². The van der Waals surface area contributed by atoms with Crippen molar-refractivity contribution in [2.45, 2.75) is 12.8 Å². The van der Waals surface area contributed by atoms with Crippen LogP contribution in [0.15, 0.2) is 54.6 Å². The summed E-state index contributed by atoms with van der Waals surface area (Å²) in [5.41, 5.74) is 1.79. The number of carbonyl (C=O) groups excluding carboxylic acids is 2. The number of rotatable bonds is 5. The molecule has 1 atom stereocenters. The summed E-state index contributed by atoms with van der Waals surface area (Å²) >= 11 is 0. The first-order chi connectivity index (χ1) is 11.6. The number of carbonyl (C=O) groups is 2. The van der Waals surface area contributed by atoms with Gasteiger partial charge in [0.05, 0.1) is 5.92 Å². The molecule has 124 valence electrons. The third-order valence-corrected chi connectivity index (χ3v) is 4.19. The molecule has 2 aromatic rings. The van der Waals surface area contributed by atoms with Crippen LogP contribution < -0.4 is 10.2 Å². The standard InChI is InChI=1S/C19H19FN2O2/c20-16-8-6-14(7-9-16)10-11-21-19(24)15-12-18(23)22(13-15)17-4-2-1-3-5-17/h1-9,15H,10-13H2,(H,21,24). The molecule has 0 radical (unpaired) electrons. The van der Waals surface area contributed by atoms with Crippen molar-refractivity contribution in [2.24, 2.45) is 5.92 Å². The minimum Gasteiger partial charge on any atom is -0.355 e. The summed E-state index contributed by atoms with van der Waals surface area (Å²) in [6, 6.07) is 15.6. The molecule has 1 saturated heterocycles. The molecule has 0 spiro atoms. The lowest BCUT2D eigenvalue weighted by atomic mass is 10.1. The number of benzene rings is 2. The van der Waals surface area contributed by atoms with Crippen LogP contribution in [0.1, 0.15) is 12.0 Å². The fourth-order valence-corrected chi connectivity index (χ4v) is 2.87. The maximum atomic E-state index is 12.8. The van der Waals surface area contributed by atoms with Gasteiger partial charge in [-0.2, -0.15) is 0 Å². The molecule has 1 unspecified atom stereocenters. The maximum absolute atomic E-state index is 12.8. The zero-order chi connectivity index (χ0) is 16.9. The number of amides is 2. The van der Waals surface area contributed by atoms with E-state index in [0.717, 1.165) is 11.3 Å². The van der Waals surface area contributed by atoms with E-state index >= 15 is 0 Å². The highest BCUT2D eigenvalue weighted by Gasteiger charge is 2.34. The van der Waals surface area contributed by atoms with Crippen molar-refractivity contribution in [3.8, 4) is 0 Å². The summed E-state index contributed by atoms with van der Waals surface area (Å²) < 4.78 is 12.8. The van der Waals surface area contributed by atoms with Crippen molar-refractivity contribution >= 4 is 17.5 Å². The first-order valence-corrected chi connectivity index (χ1v) is 8.01. The molecule has 24 heavy (non-hydrogen) atoms. The molecule has 5 heteroatoms. The average Bonchev–Trinajstić information content (AvgIpc) is 2.99. The Morgan fingerprint density at radius 3 is 2.54 bits per heavy atom. The van der Waals surface area contributed by atoms with Crippen LogP contribution in [0.5, 0.6) is 0 Å². The third kappa shape index (κ3) is 3.79. The Morgan fingerprint density at radius 1 is 1.12 bits per heavy atom. The minimum atomic E-state index is -0.328. The molecule has 0 aromatic heterocycles. The van der Waals surface area contributed by atoms with E-state index in [9.17, 15) is 14.0 Å². The van der Waals surface area contributed by atoms with Gasteiger partial charge in [0.25, 0.3) is 0 Å². The van der Waals surface area contributed by atoms with Gasteiger partial charge in [0.1, 0.15) is 5.82 Å². The number of anilines is 1. The van der Waals surface area contributed by atoms with Crippen molar-refractivity contribution < 1.29 is 14.0 Å². The fourth-order valence-electron chi connectivity index (χ4n) is 2.87. The second-order valence-electron chi connectivity index (χ2n) is 5.91. The first-order valence-electron chi connectivity index (χ1n) is 8.01. The van der Waals surface area contributed by atoms with Gasteiger partial charge in [-0.3, -0.25) is 9.59 Å². The van der Waals surface area contributed by atoms with Crippen molar-refractivity contribution in [3.63, 3.8) is 0 Å². The van der Waals surface area contributed by atoms with Crippen molar-refractivity contribution in [2.75, 3.05) is 18.0 Å². The van der Waals surface area contributed by atoms with E-state index in [4.69, 9.17) is 0 Å². The number of hydrogen-bond acceptors (Lipinski definition) is 2. The van der Waals surface area contributed by atoms with Gasteiger partial charge in [0, 0.05) is 25.2 Å². The molecular weight excluding hydrogens is 307 g/mol. The Labute approximate surface area is 140 Å². The van der Waals surface area contributed by atoms with Crippen LogP contribution in [-0.2, 0) is 16.0 Å². The largest absolute Gasteiger partial charge is 0.355 e. The SMILES string of the molecule is O=C(NCCc1ccc(F)cc1)C1CC(=O)N(c2ccccc2)C1. The Morgan fingerprint density at radius 2 is 1.83 bits per heavy atom. The lowest BCUT2D eigenvalue weighted by molar-refractivity contribution is -0.126. The molecule has 0 bridgehead atoms. The van der Waals surface area contributed by atoms with Gasteiger partial charge in [-0.1, -0.05) is 30.3 Å². The Hall–Kier alpha value is -2.69. The molecule has 1 aliphatic rings. The topological polar surface area (TPSA) is 49.4 Å². The first kappa shape index (κ1) is 16.2. The summed E-state index contributed by atoms with van der Waals surface area (Å²) in [5, 5.41) is 2.87. The van der Waals surface area contributed by atoms with Crippen molar-refractivity contribution in [1.29, 1.82) is 0 Å². The van der Waals surface area contributed by atoms with E-state index in [2.05, 4.69) is 5.32 Å². The summed E-state index contributed by atoms with van der Waals surface area (Å²) in [7, 11) is 0. The Kier molecular flexibility index (Phi) is 4.89. The molecule has 3 rings (SSSR count). The van der Waals surface area contributed by atoms with E-state index < -0.39 is 0 Å². The Balaban J connectivity index is 1.51. The zero-order valence-corrected chi connectivity index (χ0v) is 13.2. The van der Waals surface area contributed by atoms with E-state index in [-0.39, 0.29) is 30.0 Å². The van der Waals surface area contributed by atoms with E-state index in [1.54, 1.807) is 17.0 Å². The van der Waals surface area contributed by atoms with Crippen LogP contribution in [0.25, 0.3) is 0 Å². The lowest BCUT2D eigenvalue weighted by Gasteiger charge is -2.16. The highest BCUT2D eigenvalue weighted by Crippen LogP contribution is 2.24. The second kappa shape index (κ2) is 7.25. The lowest BCUT2D eigenvalue weighted by Crippen LogP contribution is -2.34. The molecule has 4 nitrogen and oxygen atoms in total. The van der Waals surface area contributed by atoms with E-state index in [1.165, 1.54) is 12.1 Å². The third-order valence-electron chi connectivity index (χ3n) is 4.19. The van der Waals surface area contributed by atoms with Crippen LogP contribution in [0.2, 0.25) is 0 Å². The van der Waals surface area contributed by atoms with Crippen molar-refractivity contribution in [1.82, 2.24) is 5.32 Å². The summed E-state index contributed by atoms with van der Waals surface area (Å²) in [4.78, 5) is 26.0. The molecule has 2 aromatic carbocycles. The van der Waals surface area contributed by atoms with Gasteiger partial charge in [0.15, 0.2) is 0 Å². The predicted molar refractivity (Wildman–Crippen MR) is 90.0 cm³/mol. The highest BCUT2D eigenvalue weighted by molar-refractivity contribution is 6.00. The van der Waals surface area contributed by atoms with E-state index in [1.807, 2.05) is 30.3 Å². The van der Waals surface area contributed by atoms with Crippen LogP contribution in [0, 0.1) is 11.7 Å². The second-order valence-corrected chi connectivity index (χ2v) is 5.91. The molecule has 1 heterocycles. The number of para-hydroxylation sites is 1. The molecule has 0 saturated carbocycles. The number of nitrogens with zero attached hydrogens (tertiary/aromatic N) is 1. The van der Waals surface area contributed by atoms with Crippen LogP contribution in [0.4, 0.5) is 10.1 Å². The van der Waals surface area contributed by atoms with Gasteiger partial charge >= 0.3 is 0 Å². The number of halogens is 1. The smallest absolute Gasteiger partial charge is 0.227 e. The minimum absolute atomic E-state index is 0.0279. The normalized spacial score (nSPS) is 17.1. The number of hydrogen-bond donors (Lipinski definition) is 1. The maximum Gasteiger partial charge on any atom is 0.227 e. The van der Waals surface area contributed by atoms with Crippen LogP contribution >= 0.6 is 0 Å². The molecule has 0 aliphatic carbocycles. The summed E-state index contributed by atoms with van der Waals surface area (Å²) in [6.07, 6.45) is 0.867. The molecular formula is C19H19FN2O2. The fraction of sp³-hybridized carbons (Fsp3) is 0.263. The number of nitrogens with one attached hydrogen (secondary N) is 1. The molecule has 1 aliphatic heterocycles. The highest BCUT2D eigenvalue weighted by atomic mass is 19.1. The van der Waals surface area contributed by atoms with E-state index in [0.29, 0.717) is 19.5 Å². The molecule has 1 N–H and O–H groups in total. The average molecular weight is 326 g/mol. The van der Waals surface area contributed by atoms with Gasteiger partial charge in [0.2, 0.25) is 11.8 Å².